The first-order valence-corrected chi connectivity index (χ1v) is 7.26. The molecule has 1 aromatic rings. The molecule has 0 aliphatic carbocycles. The molecule has 0 aliphatic heterocycles. The van der Waals surface area contributed by atoms with E-state index in [0.717, 1.165) is 9.35 Å². The van der Waals surface area contributed by atoms with Gasteiger partial charge in [-0.25, -0.2) is 0 Å². The maximum absolute atomic E-state index is 12.0. The second-order valence-corrected chi connectivity index (χ2v) is 6.39. The maximum Gasteiger partial charge on any atom is 0.265 e. The highest BCUT2D eigenvalue weighted by Gasteiger charge is 2.23. The Balaban J connectivity index is 2.82. The van der Waals surface area contributed by atoms with Gasteiger partial charge in [0.1, 0.15) is 4.88 Å². The number of aryl methyl sites for hydroxylation is 1. The van der Waals surface area contributed by atoms with Gasteiger partial charge in [-0.3, -0.25) is 4.79 Å². The van der Waals surface area contributed by atoms with Crippen LogP contribution in [0.4, 0.5) is 0 Å². The summed E-state index contributed by atoms with van der Waals surface area (Å²) in [5.41, 5.74) is -0.883. The molecule has 0 spiro atoms. The summed E-state index contributed by atoms with van der Waals surface area (Å²) in [6.45, 7) is 5.70. The number of aliphatic hydroxyl groups is 1. The van der Waals surface area contributed by atoms with Gasteiger partial charge < -0.3 is 15.2 Å². The van der Waals surface area contributed by atoms with E-state index in [0.29, 0.717) is 17.0 Å². The molecular weight excluding hydrogens is 318 g/mol. The van der Waals surface area contributed by atoms with Crippen molar-refractivity contribution in [3.8, 4) is 5.75 Å². The number of hydrogen-bond donors (Lipinski definition) is 2. The third-order valence-electron chi connectivity index (χ3n) is 2.77. The predicted molar refractivity (Wildman–Crippen MR) is 76.6 cm³/mol. The van der Waals surface area contributed by atoms with Gasteiger partial charge in [-0.2, -0.15) is 0 Å². The Morgan fingerprint density at radius 2 is 2.22 bits per heavy atom. The number of amides is 1. The molecule has 0 bridgehead atoms. The number of nitrogens with one attached hydrogen (secondary N) is 1. The molecule has 6 heteroatoms. The molecule has 0 saturated carbocycles. The van der Waals surface area contributed by atoms with Crippen molar-refractivity contribution in [2.24, 2.45) is 0 Å². The van der Waals surface area contributed by atoms with E-state index < -0.39 is 5.60 Å². The molecule has 0 unspecified atom stereocenters. The quantitative estimate of drug-likeness (QED) is 0.869. The Morgan fingerprint density at radius 1 is 1.61 bits per heavy atom. The minimum Gasteiger partial charge on any atom is -0.494 e. The average Bonchev–Trinajstić information content (AvgIpc) is 2.62. The molecule has 0 aromatic carbocycles. The number of halogens is 1. The summed E-state index contributed by atoms with van der Waals surface area (Å²) >= 11 is 4.76. The molecule has 1 heterocycles. The normalized spacial score (nSPS) is 14.1. The molecule has 1 amide bonds. The summed E-state index contributed by atoms with van der Waals surface area (Å²) in [4.78, 5) is 13.5. The molecule has 2 N–H and O–H groups in total. The number of carbonyl (C=O) groups is 1. The van der Waals surface area contributed by atoms with Gasteiger partial charge in [-0.1, -0.05) is 6.92 Å². The van der Waals surface area contributed by atoms with E-state index in [9.17, 15) is 9.90 Å². The molecule has 1 aromatic heterocycles. The smallest absolute Gasteiger partial charge is 0.265 e. The van der Waals surface area contributed by atoms with Crippen LogP contribution in [-0.2, 0) is 0 Å². The number of thiophene rings is 1. The van der Waals surface area contributed by atoms with Crippen LogP contribution in [0, 0.1) is 6.92 Å². The Hall–Kier alpha value is -0.590. The average molecular weight is 336 g/mol. The van der Waals surface area contributed by atoms with Crippen molar-refractivity contribution in [2.45, 2.75) is 32.8 Å². The summed E-state index contributed by atoms with van der Waals surface area (Å²) in [7, 11) is 1.53. The Labute approximate surface area is 119 Å². The van der Waals surface area contributed by atoms with E-state index in [1.54, 1.807) is 6.92 Å². The van der Waals surface area contributed by atoms with E-state index >= 15 is 0 Å². The summed E-state index contributed by atoms with van der Waals surface area (Å²) < 4.78 is 6.02. The highest BCUT2D eigenvalue weighted by Crippen LogP contribution is 2.38. The van der Waals surface area contributed by atoms with Crippen molar-refractivity contribution < 1.29 is 14.6 Å². The molecule has 0 fully saturated rings. The monoisotopic (exact) mass is 335 g/mol. The number of ether oxygens (including phenoxy) is 1. The van der Waals surface area contributed by atoms with Crippen LogP contribution in [0.15, 0.2) is 4.47 Å². The zero-order valence-corrected chi connectivity index (χ0v) is 13.4. The summed E-state index contributed by atoms with van der Waals surface area (Å²) in [5, 5.41) is 12.6. The molecule has 102 valence electrons. The van der Waals surface area contributed by atoms with Crippen LogP contribution in [0.25, 0.3) is 0 Å². The first-order chi connectivity index (χ1) is 8.32. The first-order valence-electron chi connectivity index (χ1n) is 5.66. The van der Waals surface area contributed by atoms with Crippen molar-refractivity contribution in [3.05, 3.63) is 14.2 Å². The molecular formula is C12H18BrNO3S. The highest BCUT2D eigenvalue weighted by atomic mass is 79.9. The highest BCUT2D eigenvalue weighted by molar-refractivity contribution is 9.10. The summed E-state index contributed by atoms with van der Waals surface area (Å²) in [6.07, 6.45) is 0.581. The minimum absolute atomic E-state index is 0.222. The molecule has 1 atom stereocenters. The molecule has 1 rings (SSSR count). The second kappa shape index (κ2) is 6.04. The molecule has 18 heavy (non-hydrogen) atoms. The van der Waals surface area contributed by atoms with Gasteiger partial charge in [-0.15, -0.1) is 11.3 Å². The lowest BCUT2D eigenvalue weighted by Crippen LogP contribution is -2.39. The lowest BCUT2D eigenvalue weighted by molar-refractivity contribution is 0.0518. The number of carbonyl (C=O) groups excluding carboxylic acids is 1. The van der Waals surface area contributed by atoms with Crippen molar-refractivity contribution in [1.82, 2.24) is 5.32 Å². The largest absolute Gasteiger partial charge is 0.494 e. The second-order valence-electron chi connectivity index (χ2n) is 4.37. The fourth-order valence-corrected chi connectivity index (χ4v) is 2.98. The van der Waals surface area contributed by atoms with Crippen molar-refractivity contribution >= 4 is 33.2 Å². The van der Waals surface area contributed by atoms with Crippen LogP contribution in [0.1, 0.15) is 34.8 Å². The van der Waals surface area contributed by atoms with Gasteiger partial charge in [0.15, 0.2) is 5.75 Å². The van der Waals surface area contributed by atoms with E-state index in [-0.39, 0.29) is 12.5 Å². The number of methoxy groups -OCH3 is 1. The van der Waals surface area contributed by atoms with Crippen LogP contribution in [0.2, 0.25) is 0 Å². The summed E-state index contributed by atoms with van der Waals surface area (Å²) in [5.74, 6) is 0.325. The summed E-state index contributed by atoms with van der Waals surface area (Å²) in [6, 6.07) is 0. The predicted octanol–water partition coefficient (Wildman–Crippen LogP) is 2.72. The lowest BCUT2D eigenvalue weighted by atomic mass is 10.0. The topological polar surface area (TPSA) is 58.6 Å². The fourth-order valence-electron chi connectivity index (χ4n) is 1.31. The van der Waals surface area contributed by atoms with Crippen LogP contribution in [-0.4, -0.2) is 30.3 Å². The Morgan fingerprint density at radius 3 is 2.72 bits per heavy atom. The van der Waals surface area contributed by atoms with Crippen LogP contribution >= 0.6 is 27.3 Å². The van der Waals surface area contributed by atoms with Crippen LogP contribution < -0.4 is 10.1 Å². The molecule has 4 nitrogen and oxygen atoms in total. The van der Waals surface area contributed by atoms with E-state index in [4.69, 9.17) is 4.74 Å². The van der Waals surface area contributed by atoms with Gasteiger partial charge in [0.25, 0.3) is 5.91 Å². The van der Waals surface area contributed by atoms with E-state index in [1.807, 2.05) is 13.8 Å². The number of rotatable bonds is 5. The molecule has 0 saturated heterocycles. The van der Waals surface area contributed by atoms with Crippen LogP contribution in [0.5, 0.6) is 5.75 Å². The Kier molecular flexibility index (Phi) is 5.19. The third kappa shape index (κ3) is 3.46. The Bertz CT molecular complexity index is 443. The molecule has 0 radical (unpaired) electrons. The van der Waals surface area contributed by atoms with Crippen molar-refractivity contribution in [1.29, 1.82) is 0 Å². The SMILES string of the molecule is CC[C@](C)(O)CNC(=O)c1sc(C)c(Br)c1OC. The standard InChI is InChI=1S/C12H18BrNO3S/c1-5-12(3,16)6-14-11(15)10-9(17-4)8(13)7(2)18-10/h16H,5-6H2,1-4H3,(H,14,15)/t12-/m0/s1. The van der Waals surface area contributed by atoms with E-state index in [2.05, 4.69) is 21.2 Å². The zero-order chi connectivity index (χ0) is 13.9. The third-order valence-corrected chi connectivity index (χ3v) is 5.07. The van der Waals surface area contributed by atoms with Crippen molar-refractivity contribution in [2.75, 3.05) is 13.7 Å². The van der Waals surface area contributed by atoms with Gasteiger partial charge in [0.2, 0.25) is 0 Å². The molecule has 0 aliphatic rings. The van der Waals surface area contributed by atoms with Gasteiger partial charge in [0, 0.05) is 11.4 Å². The van der Waals surface area contributed by atoms with Crippen molar-refractivity contribution in [3.63, 3.8) is 0 Å². The van der Waals surface area contributed by atoms with Gasteiger partial charge >= 0.3 is 0 Å². The minimum atomic E-state index is -0.883. The lowest BCUT2D eigenvalue weighted by Gasteiger charge is -2.21. The zero-order valence-electron chi connectivity index (χ0n) is 11.0. The van der Waals surface area contributed by atoms with Gasteiger partial charge in [-0.05, 0) is 36.2 Å². The fraction of sp³-hybridized carbons (Fsp3) is 0.583. The first kappa shape index (κ1) is 15.5. The maximum atomic E-state index is 12.0. The van der Waals surface area contributed by atoms with Crippen LogP contribution in [0.3, 0.4) is 0 Å². The van der Waals surface area contributed by atoms with Gasteiger partial charge in [0.05, 0.1) is 17.2 Å². The van der Waals surface area contributed by atoms with E-state index in [1.165, 1.54) is 18.4 Å². The number of hydrogen-bond acceptors (Lipinski definition) is 4.